The molecule has 0 aliphatic rings. The Morgan fingerprint density at radius 2 is 2.00 bits per heavy atom. The van der Waals surface area contributed by atoms with Crippen molar-refractivity contribution >= 4 is 23.6 Å². The van der Waals surface area contributed by atoms with Crippen LogP contribution in [0.4, 0.5) is 14.7 Å². The zero-order valence-corrected chi connectivity index (χ0v) is 12.8. The number of hydrogen-bond donors (Lipinski definition) is 2. The Balaban J connectivity index is 1.78. The summed E-state index contributed by atoms with van der Waals surface area (Å²) in [5.41, 5.74) is 0.577. The van der Waals surface area contributed by atoms with Crippen LogP contribution in [0.15, 0.2) is 47.8 Å². The van der Waals surface area contributed by atoms with Crippen molar-refractivity contribution in [1.29, 1.82) is 0 Å². The maximum atomic E-state index is 12.5. The summed E-state index contributed by atoms with van der Waals surface area (Å²) in [6.45, 7) is 0. The van der Waals surface area contributed by atoms with Gasteiger partial charge in [-0.2, -0.15) is 13.8 Å². The molecule has 10 heteroatoms. The fraction of sp³-hybridized carbons (Fsp3) is 0.0714. The molecule has 1 amide bonds. The monoisotopic (exact) mass is 348 g/mol. The minimum Gasteiger partial charge on any atom is -0.289 e. The molecule has 3 heterocycles. The lowest BCUT2D eigenvalue weighted by Gasteiger charge is -2.06. The smallest absolute Gasteiger partial charge is 0.289 e. The van der Waals surface area contributed by atoms with Gasteiger partial charge in [-0.05, 0) is 36.0 Å². The van der Waals surface area contributed by atoms with Gasteiger partial charge in [-0.3, -0.25) is 20.2 Å². The SMILES string of the molecule is O=C(Nc1n[nH]c(-c2ccccn2)n1)c1cccnc1SC(F)F. The highest BCUT2D eigenvalue weighted by Gasteiger charge is 2.18. The fourth-order valence-electron chi connectivity index (χ4n) is 1.85. The molecule has 24 heavy (non-hydrogen) atoms. The molecule has 3 rings (SSSR count). The molecule has 7 nitrogen and oxygen atoms in total. The standard InChI is InChI=1S/C14H10F2N6OS/c15-13(16)24-12-8(4-3-7-18-12)11(23)20-14-19-10(21-22-14)9-5-1-2-6-17-9/h1-7,13H,(H2,19,20,21,22,23). The summed E-state index contributed by atoms with van der Waals surface area (Å²) in [6, 6.07) is 8.16. The van der Waals surface area contributed by atoms with E-state index in [4.69, 9.17) is 0 Å². The number of H-pyrrole nitrogens is 1. The van der Waals surface area contributed by atoms with Gasteiger partial charge in [0.2, 0.25) is 5.95 Å². The second kappa shape index (κ2) is 7.13. The summed E-state index contributed by atoms with van der Waals surface area (Å²) >= 11 is 0.202. The van der Waals surface area contributed by atoms with Crippen molar-refractivity contribution in [1.82, 2.24) is 25.1 Å². The fourth-order valence-corrected chi connectivity index (χ4v) is 2.42. The first-order valence-corrected chi connectivity index (χ1v) is 7.56. The Kier molecular flexibility index (Phi) is 4.75. The molecule has 3 aromatic rings. The Morgan fingerprint density at radius 3 is 2.75 bits per heavy atom. The van der Waals surface area contributed by atoms with Gasteiger partial charge in [-0.15, -0.1) is 5.10 Å². The van der Waals surface area contributed by atoms with E-state index in [1.54, 1.807) is 24.4 Å². The summed E-state index contributed by atoms with van der Waals surface area (Å²) in [5, 5.41) is 8.89. The number of aromatic amines is 1. The van der Waals surface area contributed by atoms with Crippen LogP contribution in [0.2, 0.25) is 0 Å². The third kappa shape index (κ3) is 3.71. The minimum absolute atomic E-state index is 0.0116. The van der Waals surface area contributed by atoms with Crippen LogP contribution in [-0.4, -0.2) is 36.8 Å². The quantitative estimate of drug-likeness (QED) is 0.688. The zero-order valence-electron chi connectivity index (χ0n) is 12.0. The first-order chi connectivity index (χ1) is 11.6. The molecule has 0 aromatic carbocycles. The van der Waals surface area contributed by atoms with Crippen molar-refractivity contribution in [2.75, 3.05) is 5.32 Å². The number of nitrogens with one attached hydrogen (secondary N) is 2. The number of rotatable bonds is 5. The number of thioether (sulfide) groups is 1. The number of hydrogen-bond acceptors (Lipinski definition) is 6. The molecule has 122 valence electrons. The normalized spacial score (nSPS) is 10.8. The van der Waals surface area contributed by atoms with E-state index < -0.39 is 11.7 Å². The molecule has 0 radical (unpaired) electrons. The molecule has 0 saturated heterocycles. The Hall–Kier alpha value is -2.88. The first kappa shape index (κ1) is 16.0. The average molecular weight is 348 g/mol. The largest absolute Gasteiger partial charge is 0.290 e. The highest BCUT2D eigenvalue weighted by Crippen LogP contribution is 2.26. The summed E-state index contributed by atoms with van der Waals surface area (Å²) < 4.78 is 25.1. The van der Waals surface area contributed by atoms with Gasteiger partial charge in [0, 0.05) is 12.4 Å². The first-order valence-electron chi connectivity index (χ1n) is 6.68. The second-order valence-corrected chi connectivity index (χ2v) is 5.39. The van der Waals surface area contributed by atoms with Crippen LogP contribution in [0, 0.1) is 0 Å². The number of carbonyl (C=O) groups excluding carboxylic acids is 1. The van der Waals surface area contributed by atoms with Crippen LogP contribution in [0.25, 0.3) is 11.5 Å². The zero-order chi connectivity index (χ0) is 16.9. The van der Waals surface area contributed by atoms with E-state index in [9.17, 15) is 13.6 Å². The summed E-state index contributed by atoms with van der Waals surface area (Å²) in [7, 11) is 0. The van der Waals surface area contributed by atoms with E-state index in [2.05, 4.69) is 30.5 Å². The number of amides is 1. The van der Waals surface area contributed by atoms with Crippen molar-refractivity contribution in [2.45, 2.75) is 10.8 Å². The van der Waals surface area contributed by atoms with Gasteiger partial charge in [0.1, 0.15) is 10.7 Å². The molecule has 0 atom stereocenters. The molecule has 0 spiro atoms. The Bertz CT molecular complexity index is 842. The number of nitrogens with zero attached hydrogens (tertiary/aromatic N) is 4. The van der Waals surface area contributed by atoms with Crippen LogP contribution in [0.5, 0.6) is 0 Å². The molecule has 2 N–H and O–H groups in total. The van der Waals surface area contributed by atoms with Crippen LogP contribution in [0.3, 0.4) is 0 Å². The van der Waals surface area contributed by atoms with Gasteiger partial charge in [-0.25, -0.2) is 4.98 Å². The van der Waals surface area contributed by atoms with Crippen LogP contribution < -0.4 is 5.32 Å². The van der Waals surface area contributed by atoms with Gasteiger partial charge in [0.25, 0.3) is 11.7 Å². The number of halogens is 2. The van der Waals surface area contributed by atoms with E-state index in [-0.39, 0.29) is 28.3 Å². The van der Waals surface area contributed by atoms with Gasteiger partial charge >= 0.3 is 0 Å². The average Bonchev–Trinajstić information content (AvgIpc) is 3.04. The van der Waals surface area contributed by atoms with Crippen molar-refractivity contribution in [3.8, 4) is 11.5 Å². The Labute approximate surface area is 138 Å². The van der Waals surface area contributed by atoms with Crippen molar-refractivity contribution in [3.63, 3.8) is 0 Å². The summed E-state index contributed by atoms with van der Waals surface area (Å²) in [4.78, 5) is 24.2. The molecule has 0 aliphatic carbocycles. The van der Waals surface area contributed by atoms with Crippen LogP contribution in [-0.2, 0) is 0 Å². The maximum Gasteiger partial charge on any atom is 0.290 e. The lowest BCUT2D eigenvalue weighted by Crippen LogP contribution is -2.15. The number of carbonyl (C=O) groups is 1. The summed E-state index contributed by atoms with van der Waals surface area (Å²) in [5.74, 6) is -2.92. The maximum absolute atomic E-state index is 12.5. The predicted octanol–water partition coefficient (Wildman–Crippen LogP) is 2.83. The number of anilines is 1. The van der Waals surface area contributed by atoms with Gasteiger partial charge < -0.3 is 0 Å². The third-order valence-electron chi connectivity index (χ3n) is 2.83. The lowest BCUT2D eigenvalue weighted by molar-refractivity contribution is 0.102. The molecule has 3 aromatic heterocycles. The highest BCUT2D eigenvalue weighted by molar-refractivity contribution is 7.99. The van der Waals surface area contributed by atoms with Gasteiger partial charge in [0.15, 0.2) is 5.82 Å². The predicted molar refractivity (Wildman–Crippen MR) is 83.7 cm³/mol. The highest BCUT2D eigenvalue weighted by atomic mass is 32.2. The molecule has 0 unspecified atom stereocenters. The van der Waals surface area contributed by atoms with Crippen molar-refractivity contribution in [3.05, 3.63) is 48.3 Å². The van der Waals surface area contributed by atoms with Crippen molar-refractivity contribution < 1.29 is 13.6 Å². The van der Waals surface area contributed by atoms with E-state index in [0.717, 1.165) is 0 Å². The molecule has 0 bridgehead atoms. The van der Waals surface area contributed by atoms with E-state index in [1.165, 1.54) is 18.3 Å². The molecule has 0 fully saturated rings. The van der Waals surface area contributed by atoms with Crippen LogP contribution >= 0.6 is 11.8 Å². The van der Waals surface area contributed by atoms with E-state index >= 15 is 0 Å². The lowest BCUT2D eigenvalue weighted by atomic mass is 10.3. The molecule has 0 aliphatic heterocycles. The number of aromatic nitrogens is 5. The van der Waals surface area contributed by atoms with E-state index in [1.807, 2.05) is 0 Å². The van der Waals surface area contributed by atoms with Crippen molar-refractivity contribution in [2.24, 2.45) is 0 Å². The topological polar surface area (TPSA) is 96.5 Å². The van der Waals surface area contributed by atoms with Crippen LogP contribution in [0.1, 0.15) is 10.4 Å². The minimum atomic E-state index is -2.68. The second-order valence-electron chi connectivity index (χ2n) is 4.41. The Morgan fingerprint density at radius 1 is 1.17 bits per heavy atom. The van der Waals surface area contributed by atoms with E-state index in [0.29, 0.717) is 11.5 Å². The molecular weight excluding hydrogens is 338 g/mol. The third-order valence-corrected chi connectivity index (χ3v) is 3.56. The molecule has 0 saturated carbocycles. The van der Waals surface area contributed by atoms with Gasteiger partial charge in [-0.1, -0.05) is 6.07 Å². The van der Waals surface area contributed by atoms with Gasteiger partial charge in [0.05, 0.1) is 5.56 Å². The number of pyridine rings is 2. The number of alkyl halides is 2. The summed E-state index contributed by atoms with van der Waals surface area (Å²) in [6.07, 6.45) is 2.94. The molecular formula is C14H10F2N6OS.